The van der Waals surface area contributed by atoms with Crippen molar-refractivity contribution < 1.29 is 5.11 Å². The zero-order valence-corrected chi connectivity index (χ0v) is 8.40. The maximum Gasteiger partial charge on any atom is 0.0515 e. The second kappa shape index (κ2) is 5.02. The predicted molar refractivity (Wildman–Crippen MR) is 52.5 cm³/mol. The molecule has 3 nitrogen and oxygen atoms in total. The molecule has 0 aliphatic carbocycles. The highest BCUT2D eigenvalue weighted by molar-refractivity contribution is 5.00. The Hall–Kier alpha value is -0.830. The smallest absolute Gasteiger partial charge is 0.0515 e. The summed E-state index contributed by atoms with van der Waals surface area (Å²) in [6.07, 6.45) is 4.44. The number of aliphatic hydroxyl groups is 1. The van der Waals surface area contributed by atoms with E-state index in [2.05, 4.69) is 12.0 Å². The molecule has 1 N–H and O–H groups in total. The van der Waals surface area contributed by atoms with Crippen LogP contribution in [0.15, 0.2) is 12.3 Å². The fraction of sp³-hybridized carbons (Fsp3) is 0.700. The average molecular weight is 182 g/mol. The van der Waals surface area contributed by atoms with Crippen LogP contribution < -0.4 is 0 Å². The molecule has 74 valence electrons. The van der Waals surface area contributed by atoms with Crippen LogP contribution >= 0.6 is 0 Å². The van der Waals surface area contributed by atoms with Gasteiger partial charge in [0.05, 0.1) is 6.10 Å². The lowest BCUT2D eigenvalue weighted by Gasteiger charge is -2.06. The van der Waals surface area contributed by atoms with Crippen LogP contribution in [0, 0.1) is 0 Å². The lowest BCUT2D eigenvalue weighted by atomic mass is 10.2. The summed E-state index contributed by atoms with van der Waals surface area (Å²) < 4.78 is 2.02. The molecule has 0 radical (unpaired) electrons. The third kappa shape index (κ3) is 3.19. The van der Waals surface area contributed by atoms with E-state index < -0.39 is 0 Å². The molecule has 1 rings (SSSR count). The van der Waals surface area contributed by atoms with Gasteiger partial charge in [-0.2, -0.15) is 5.10 Å². The Morgan fingerprint density at radius 3 is 3.00 bits per heavy atom. The van der Waals surface area contributed by atoms with Crippen LogP contribution in [-0.4, -0.2) is 21.0 Å². The molecule has 0 fully saturated rings. The molecule has 0 amide bonds. The molecule has 1 unspecified atom stereocenters. The minimum Gasteiger partial charge on any atom is -0.393 e. The van der Waals surface area contributed by atoms with E-state index in [1.54, 1.807) is 0 Å². The summed E-state index contributed by atoms with van der Waals surface area (Å²) in [5.41, 5.74) is 1.22. The molecule has 1 aromatic heterocycles. The molecule has 1 heterocycles. The number of rotatable bonds is 5. The Morgan fingerprint density at radius 2 is 2.38 bits per heavy atom. The van der Waals surface area contributed by atoms with E-state index in [9.17, 15) is 0 Å². The van der Waals surface area contributed by atoms with E-state index in [-0.39, 0.29) is 6.10 Å². The van der Waals surface area contributed by atoms with Gasteiger partial charge in [-0.1, -0.05) is 6.92 Å². The second-order valence-corrected chi connectivity index (χ2v) is 3.43. The first-order valence-electron chi connectivity index (χ1n) is 4.92. The van der Waals surface area contributed by atoms with Gasteiger partial charge < -0.3 is 5.11 Å². The van der Waals surface area contributed by atoms with Crippen LogP contribution in [0.4, 0.5) is 0 Å². The molecule has 3 heteroatoms. The van der Waals surface area contributed by atoms with Crippen LogP contribution in [0.5, 0.6) is 0 Å². The fourth-order valence-corrected chi connectivity index (χ4v) is 1.34. The van der Waals surface area contributed by atoms with Gasteiger partial charge in [0.15, 0.2) is 0 Å². The SMILES string of the molecule is CCCn1nccc1CCC(C)O. The molecule has 0 aromatic carbocycles. The van der Waals surface area contributed by atoms with E-state index in [1.807, 2.05) is 23.9 Å². The second-order valence-electron chi connectivity index (χ2n) is 3.43. The zero-order chi connectivity index (χ0) is 9.68. The largest absolute Gasteiger partial charge is 0.393 e. The first kappa shape index (κ1) is 10.3. The molecule has 0 aliphatic rings. The number of aryl methyl sites for hydroxylation is 2. The molecule has 0 saturated carbocycles. The van der Waals surface area contributed by atoms with Gasteiger partial charge in [0.2, 0.25) is 0 Å². The molecule has 13 heavy (non-hydrogen) atoms. The molecule has 0 bridgehead atoms. The van der Waals surface area contributed by atoms with Crippen LogP contribution in [0.1, 0.15) is 32.4 Å². The molecule has 0 saturated heterocycles. The topological polar surface area (TPSA) is 38.0 Å². The molecular weight excluding hydrogens is 164 g/mol. The van der Waals surface area contributed by atoms with E-state index in [1.165, 1.54) is 5.69 Å². The number of hydrogen-bond donors (Lipinski definition) is 1. The zero-order valence-electron chi connectivity index (χ0n) is 8.40. The lowest BCUT2D eigenvalue weighted by Crippen LogP contribution is -2.08. The Labute approximate surface area is 79.4 Å². The first-order valence-corrected chi connectivity index (χ1v) is 4.92. The summed E-state index contributed by atoms with van der Waals surface area (Å²) in [5.74, 6) is 0. The van der Waals surface area contributed by atoms with Crippen molar-refractivity contribution in [1.29, 1.82) is 0 Å². The monoisotopic (exact) mass is 182 g/mol. The summed E-state index contributed by atoms with van der Waals surface area (Å²) >= 11 is 0. The van der Waals surface area contributed by atoms with Crippen molar-refractivity contribution in [2.24, 2.45) is 0 Å². The van der Waals surface area contributed by atoms with Crippen molar-refractivity contribution in [2.45, 2.75) is 45.8 Å². The summed E-state index contributed by atoms with van der Waals surface area (Å²) in [7, 11) is 0. The number of aliphatic hydroxyl groups excluding tert-OH is 1. The van der Waals surface area contributed by atoms with Gasteiger partial charge in [-0.05, 0) is 32.3 Å². The van der Waals surface area contributed by atoms with Crippen molar-refractivity contribution in [3.05, 3.63) is 18.0 Å². The summed E-state index contributed by atoms with van der Waals surface area (Å²) in [5, 5.41) is 13.4. The van der Waals surface area contributed by atoms with E-state index in [0.717, 1.165) is 25.8 Å². The summed E-state index contributed by atoms with van der Waals surface area (Å²) in [4.78, 5) is 0. The summed E-state index contributed by atoms with van der Waals surface area (Å²) in [6.45, 7) is 4.93. The third-order valence-corrected chi connectivity index (χ3v) is 2.06. The number of nitrogens with zero attached hydrogens (tertiary/aromatic N) is 2. The van der Waals surface area contributed by atoms with Gasteiger partial charge in [-0.3, -0.25) is 4.68 Å². The fourth-order valence-electron chi connectivity index (χ4n) is 1.34. The highest BCUT2D eigenvalue weighted by Crippen LogP contribution is 2.05. The standard InChI is InChI=1S/C10H18N2O/c1-3-8-12-10(6-7-11-12)5-4-9(2)13/h6-7,9,13H,3-5,8H2,1-2H3. The van der Waals surface area contributed by atoms with Gasteiger partial charge in [-0.15, -0.1) is 0 Å². The van der Waals surface area contributed by atoms with Gasteiger partial charge in [0, 0.05) is 18.4 Å². The van der Waals surface area contributed by atoms with Crippen molar-refractivity contribution in [2.75, 3.05) is 0 Å². The Balaban J connectivity index is 2.49. The molecular formula is C10H18N2O. The van der Waals surface area contributed by atoms with Gasteiger partial charge >= 0.3 is 0 Å². The van der Waals surface area contributed by atoms with Gasteiger partial charge in [-0.25, -0.2) is 0 Å². The maximum absolute atomic E-state index is 9.14. The molecule has 0 aliphatic heterocycles. The van der Waals surface area contributed by atoms with Crippen LogP contribution in [0.2, 0.25) is 0 Å². The Kier molecular flexibility index (Phi) is 3.96. The van der Waals surface area contributed by atoms with Crippen LogP contribution in [0.3, 0.4) is 0 Å². The van der Waals surface area contributed by atoms with Crippen LogP contribution in [-0.2, 0) is 13.0 Å². The Bertz CT molecular complexity index is 243. The average Bonchev–Trinajstić information content (AvgIpc) is 2.49. The minimum absolute atomic E-state index is 0.218. The minimum atomic E-state index is -0.218. The third-order valence-electron chi connectivity index (χ3n) is 2.06. The first-order chi connectivity index (χ1) is 6.24. The molecule has 0 spiro atoms. The van der Waals surface area contributed by atoms with Gasteiger partial charge in [0.1, 0.15) is 0 Å². The summed E-state index contributed by atoms with van der Waals surface area (Å²) in [6, 6.07) is 2.03. The van der Waals surface area contributed by atoms with E-state index in [0.29, 0.717) is 0 Å². The number of hydrogen-bond acceptors (Lipinski definition) is 2. The lowest BCUT2D eigenvalue weighted by molar-refractivity contribution is 0.184. The maximum atomic E-state index is 9.14. The van der Waals surface area contributed by atoms with Gasteiger partial charge in [0.25, 0.3) is 0 Å². The van der Waals surface area contributed by atoms with Crippen molar-refractivity contribution in [3.8, 4) is 0 Å². The normalized spacial score (nSPS) is 13.2. The highest BCUT2D eigenvalue weighted by atomic mass is 16.3. The van der Waals surface area contributed by atoms with Crippen LogP contribution in [0.25, 0.3) is 0 Å². The predicted octanol–water partition coefficient (Wildman–Crippen LogP) is 1.61. The van der Waals surface area contributed by atoms with E-state index >= 15 is 0 Å². The number of aromatic nitrogens is 2. The highest BCUT2D eigenvalue weighted by Gasteiger charge is 2.03. The quantitative estimate of drug-likeness (QED) is 0.751. The van der Waals surface area contributed by atoms with E-state index in [4.69, 9.17) is 5.11 Å². The Morgan fingerprint density at radius 1 is 1.62 bits per heavy atom. The van der Waals surface area contributed by atoms with Crippen molar-refractivity contribution in [3.63, 3.8) is 0 Å². The molecule has 1 atom stereocenters. The molecule has 1 aromatic rings. The van der Waals surface area contributed by atoms with Crippen molar-refractivity contribution in [1.82, 2.24) is 9.78 Å². The van der Waals surface area contributed by atoms with Crippen molar-refractivity contribution >= 4 is 0 Å².